The van der Waals surface area contributed by atoms with Gasteiger partial charge in [-0.2, -0.15) is 0 Å². The van der Waals surface area contributed by atoms with Gasteiger partial charge in [-0.15, -0.1) is 0 Å². The number of nitrogens with zero attached hydrogens (tertiary/aromatic N) is 1. The van der Waals surface area contributed by atoms with Gasteiger partial charge in [-0.1, -0.05) is 44.2 Å². The molecule has 3 aliphatic heterocycles. The number of piperidine rings is 1. The Balaban J connectivity index is 1.65. The Bertz CT molecular complexity index is 773. The number of carbonyl (C=O) groups excluding carboxylic acids is 2. The summed E-state index contributed by atoms with van der Waals surface area (Å²) in [7, 11) is 0. The van der Waals surface area contributed by atoms with Crippen LogP contribution in [0.4, 0.5) is 0 Å². The molecule has 0 radical (unpaired) electrons. The van der Waals surface area contributed by atoms with E-state index in [-0.39, 0.29) is 17.9 Å². The molecule has 3 atom stereocenters. The largest absolute Gasteiger partial charge is 0.355 e. The second-order valence-corrected chi connectivity index (χ2v) is 8.60. The van der Waals surface area contributed by atoms with E-state index >= 15 is 0 Å². The lowest BCUT2D eigenvalue weighted by atomic mass is 9.89. The maximum atomic E-state index is 13.2. The van der Waals surface area contributed by atoms with Gasteiger partial charge >= 0.3 is 0 Å². The molecule has 0 bridgehead atoms. The van der Waals surface area contributed by atoms with Gasteiger partial charge in [0.15, 0.2) is 0 Å². The second kappa shape index (κ2) is 8.55. The highest BCUT2D eigenvalue weighted by atomic mass is 16.2. The molecule has 29 heavy (non-hydrogen) atoms. The summed E-state index contributed by atoms with van der Waals surface area (Å²) in [6.07, 6.45) is 3.29. The van der Waals surface area contributed by atoms with E-state index in [4.69, 9.17) is 0 Å². The van der Waals surface area contributed by atoms with E-state index in [1.54, 1.807) is 6.08 Å². The standard InChI is InChI=1S/C22H31N5O2/c1-14(2)13-24-22(29)19-20(16-6-4-3-5-7-16)26-27-17(12-18(28)25-21(19)27)15-8-10-23-11-9-15/h3-7,12,14-15,19-21,23,26H,8-11,13H2,1-2H3,(H,24,29)(H,25,28). The summed E-state index contributed by atoms with van der Waals surface area (Å²) in [5.74, 6) is 0.124. The number of nitrogens with one attached hydrogen (secondary N) is 4. The van der Waals surface area contributed by atoms with Crippen LogP contribution in [0.25, 0.3) is 0 Å². The maximum absolute atomic E-state index is 13.2. The van der Waals surface area contributed by atoms with Crippen molar-refractivity contribution in [2.45, 2.75) is 38.9 Å². The zero-order valence-corrected chi connectivity index (χ0v) is 17.2. The molecule has 7 heteroatoms. The van der Waals surface area contributed by atoms with Crippen LogP contribution in [-0.4, -0.2) is 42.6 Å². The van der Waals surface area contributed by atoms with E-state index in [2.05, 4.69) is 40.2 Å². The molecular formula is C22H31N5O2. The minimum atomic E-state index is -0.412. The van der Waals surface area contributed by atoms with Crippen molar-refractivity contribution < 1.29 is 9.59 Å². The van der Waals surface area contributed by atoms with E-state index < -0.39 is 12.1 Å². The number of allylic oxidation sites excluding steroid dienone is 1. The average Bonchev–Trinajstić information content (AvgIpc) is 3.12. The number of hydrazine groups is 1. The molecule has 156 valence electrons. The SMILES string of the molecule is CC(C)CNC(=O)C1C(c2ccccc2)NN2C(C3CCNCC3)=CC(=O)NC12. The fourth-order valence-electron chi connectivity index (χ4n) is 4.53. The summed E-state index contributed by atoms with van der Waals surface area (Å²) in [5, 5.41) is 11.6. The number of rotatable bonds is 5. The lowest BCUT2D eigenvalue weighted by Gasteiger charge is -2.38. The predicted octanol–water partition coefficient (Wildman–Crippen LogP) is 1.28. The van der Waals surface area contributed by atoms with Crippen molar-refractivity contribution in [1.82, 2.24) is 26.4 Å². The topological polar surface area (TPSA) is 85.5 Å². The van der Waals surface area contributed by atoms with Gasteiger partial charge in [0.05, 0.1) is 12.0 Å². The number of carbonyl (C=O) groups is 2. The normalized spacial score (nSPS) is 27.4. The highest BCUT2D eigenvalue weighted by Crippen LogP contribution is 2.39. The van der Waals surface area contributed by atoms with E-state index in [1.807, 2.05) is 30.3 Å². The quantitative estimate of drug-likeness (QED) is 0.601. The van der Waals surface area contributed by atoms with Crippen LogP contribution >= 0.6 is 0 Å². The van der Waals surface area contributed by atoms with Crippen LogP contribution in [0.1, 0.15) is 38.3 Å². The first-order valence-electron chi connectivity index (χ1n) is 10.7. The molecule has 0 spiro atoms. The van der Waals surface area contributed by atoms with Crippen molar-refractivity contribution in [3.63, 3.8) is 0 Å². The lowest BCUT2D eigenvalue weighted by Crippen LogP contribution is -2.56. The molecule has 2 saturated heterocycles. The third kappa shape index (κ3) is 4.16. The van der Waals surface area contributed by atoms with Gasteiger partial charge < -0.3 is 16.0 Å². The van der Waals surface area contributed by atoms with Gasteiger partial charge in [0, 0.05) is 24.2 Å². The number of amides is 2. The van der Waals surface area contributed by atoms with Gasteiger partial charge in [0.25, 0.3) is 0 Å². The van der Waals surface area contributed by atoms with Gasteiger partial charge in [-0.05, 0) is 37.4 Å². The van der Waals surface area contributed by atoms with E-state index in [9.17, 15) is 9.59 Å². The Labute approximate surface area is 172 Å². The third-order valence-electron chi connectivity index (χ3n) is 6.01. The Kier molecular flexibility index (Phi) is 5.87. The molecule has 1 aromatic rings. The molecule has 3 unspecified atom stereocenters. The molecule has 3 aliphatic rings. The molecule has 4 rings (SSSR count). The number of hydrogen-bond donors (Lipinski definition) is 4. The van der Waals surface area contributed by atoms with E-state index in [0.29, 0.717) is 18.4 Å². The first-order chi connectivity index (χ1) is 14.0. The van der Waals surface area contributed by atoms with Crippen LogP contribution in [0.5, 0.6) is 0 Å². The molecule has 1 aromatic carbocycles. The number of benzene rings is 1. The molecule has 0 aromatic heterocycles. The minimum Gasteiger partial charge on any atom is -0.355 e. The molecular weight excluding hydrogens is 366 g/mol. The zero-order valence-electron chi connectivity index (χ0n) is 17.2. The Hall–Kier alpha value is -2.38. The minimum absolute atomic E-state index is 0.0283. The first-order valence-corrected chi connectivity index (χ1v) is 10.7. The smallest absolute Gasteiger partial charge is 0.247 e. The van der Waals surface area contributed by atoms with Crippen molar-refractivity contribution in [3.05, 3.63) is 47.7 Å². The molecule has 2 fully saturated rings. The van der Waals surface area contributed by atoms with Gasteiger partial charge in [0.1, 0.15) is 6.17 Å². The van der Waals surface area contributed by atoms with E-state index in [0.717, 1.165) is 37.2 Å². The van der Waals surface area contributed by atoms with Crippen LogP contribution < -0.4 is 21.4 Å². The van der Waals surface area contributed by atoms with Crippen molar-refractivity contribution >= 4 is 11.8 Å². The zero-order chi connectivity index (χ0) is 20.4. The summed E-state index contributed by atoms with van der Waals surface area (Å²) >= 11 is 0. The average molecular weight is 398 g/mol. The monoisotopic (exact) mass is 397 g/mol. The Morgan fingerprint density at radius 2 is 1.93 bits per heavy atom. The van der Waals surface area contributed by atoms with Crippen molar-refractivity contribution in [2.24, 2.45) is 17.8 Å². The summed E-state index contributed by atoms with van der Waals surface area (Å²) in [4.78, 5) is 25.8. The van der Waals surface area contributed by atoms with Crippen molar-refractivity contribution in [1.29, 1.82) is 0 Å². The summed E-state index contributed by atoms with van der Waals surface area (Å²) in [6, 6.07) is 9.82. The van der Waals surface area contributed by atoms with Crippen molar-refractivity contribution in [2.75, 3.05) is 19.6 Å². The number of fused-ring (bicyclic) bond motifs is 1. The second-order valence-electron chi connectivity index (χ2n) is 8.60. The molecule has 0 aliphatic carbocycles. The Morgan fingerprint density at radius 1 is 1.21 bits per heavy atom. The fraction of sp³-hybridized carbons (Fsp3) is 0.545. The van der Waals surface area contributed by atoms with Crippen LogP contribution in [0.15, 0.2) is 42.1 Å². The molecule has 4 N–H and O–H groups in total. The lowest BCUT2D eigenvalue weighted by molar-refractivity contribution is -0.127. The van der Waals surface area contributed by atoms with Crippen LogP contribution in [-0.2, 0) is 9.59 Å². The highest BCUT2D eigenvalue weighted by Gasteiger charge is 2.50. The first kappa shape index (κ1) is 19.9. The van der Waals surface area contributed by atoms with Gasteiger partial charge in [0.2, 0.25) is 11.8 Å². The Morgan fingerprint density at radius 3 is 2.62 bits per heavy atom. The van der Waals surface area contributed by atoms with Crippen LogP contribution in [0.3, 0.4) is 0 Å². The van der Waals surface area contributed by atoms with Gasteiger partial charge in [-0.3, -0.25) is 14.6 Å². The summed E-state index contributed by atoms with van der Waals surface area (Å²) in [5.41, 5.74) is 5.61. The van der Waals surface area contributed by atoms with Gasteiger partial charge in [-0.25, -0.2) is 5.43 Å². The summed E-state index contributed by atoms with van der Waals surface area (Å²) in [6.45, 7) is 6.67. The van der Waals surface area contributed by atoms with Crippen LogP contribution in [0.2, 0.25) is 0 Å². The molecule has 2 amide bonds. The van der Waals surface area contributed by atoms with Crippen molar-refractivity contribution in [3.8, 4) is 0 Å². The molecule has 7 nitrogen and oxygen atoms in total. The highest BCUT2D eigenvalue weighted by molar-refractivity contribution is 5.91. The number of hydrogen-bond acceptors (Lipinski definition) is 5. The van der Waals surface area contributed by atoms with E-state index in [1.165, 1.54) is 0 Å². The predicted molar refractivity (Wildman–Crippen MR) is 111 cm³/mol. The third-order valence-corrected chi connectivity index (χ3v) is 6.01. The molecule has 0 saturated carbocycles. The molecule has 3 heterocycles. The summed E-state index contributed by atoms with van der Waals surface area (Å²) < 4.78 is 0. The fourth-order valence-corrected chi connectivity index (χ4v) is 4.53. The maximum Gasteiger partial charge on any atom is 0.247 e. The van der Waals surface area contributed by atoms with Crippen LogP contribution in [0, 0.1) is 17.8 Å².